The summed E-state index contributed by atoms with van der Waals surface area (Å²) in [6.45, 7) is 0. The van der Waals surface area contributed by atoms with E-state index in [0.717, 1.165) is 0 Å². The first kappa shape index (κ1) is 11.0. The zero-order valence-electron chi connectivity index (χ0n) is 7.75. The Morgan fingerprint density at radius 3 is 2.64 bits per heavy atom. The van der Waals surface area contributed by atoms with Crippen molar-refractivity contribution in [2.24, 2.45) is 12.8 Å². The van der Waals surface area contributed by atoms with Gasteiger partial charge in [0.05, 0.1) is 6.04 Å². The van der Waals surface area contributed by atoms with Gasteiger partial charge in [-0.2, -0.15) is 13.2 Å². The van der Waals surface area contributed by atoms with Crippen molar-refractivity contribution in [2.45, 2.75) is 25.1 Å². The third-order valence-electron chi connectivity index (χ3n) is 1.93. The molecule has 0 bridgehead atoms. The second-order valence-corrected chi connectivity index (χ2v) is 3.16. The van der Waals surface area contributed by atoms with Crippen LogP contribution in [0.3, 0.4) is 0 Å². The highest BCUT2D eigenvalue weighted by molar-refractivity contribution is 4.97. The predicted octanol–water partition coefficient (Wildman–Crippen LogP) is 1.76. The average molecular weight is 207 g/mol. The fourth-order valence-corrected chi connectivity index (χ4v) is 1.18. The Balaban J connectivity index is 2.51. The van der Waals surface area contributed by atoms with E-state index in [0.29, 0.717) is 5.82 Å². The Hall–Kier alpha value is -1.04. The van der Waals surface area contributed by atoms with Crippen LogP contribution in [0.25, 0.3) is 0 Å². The monoisotopic (exact) mass is 207 g/mol. The van der Waals surface area contributed by atoms with Crippen molar-refractivity contribution in [2.75, 3.05) is 0 Å². The molecule has 0 spiro atoms. The average Bonchev–Trinajstić information content (AvgIpc) is 2.46. The standard InChI is InChI=1S/C8H12F3N3/c1-14-5-4-13-7(14)6(12)2-3-8(9,10)11/h4-6H,2-3,12H2,1H3. The largest absolute Gasteiger partial charge is 0.389 e. The summed E-state index contributed by atoms with van der Waals surface area (Å²) in [5.74, 6) is 0.481. The molecule has 3 nitrogen and oxygen atoms in total. The Morgan fingerprint density at radius 2 is 2.21 bits per heavy atom. The lowest BCUT2D eigenvalue weighted by Gasteiger charge is -2.12. The van der Waals surface area contributed by atoms with Crippen LogP contribution in [0.2, 0.25) is 0 Å². The lowest BCUT2D eigenvalue weighted by Crippen LogP contribution is -2.18. The van der Waals surface area contributed by atoms with Crippen molar-refractivity contribution in [3.05, 3.63) is 18.2 Å². The Morgan fingerprint density at radius 1 is 1.57 bits per heavy atom. The Kier molecular flexibility index (Phi) is 3.15. The van der Waals surface area contributed by atoms with E-state index in [1.165, 1.54) is 6.20 Å². The van der Waals surface area contributed by atoms with Crippen molar-refractivity contribution in [1.82, 2.24) is 9.55 Å². The normalized spacial score (nSPS) is 14.4. The highest BCUT2D eigenvalue weighted by Crippen LogP contribution is 2.25. The highest BCUT2D eigenvalue weighted by Gasteiger charge is 2.28. The number of imidazole rings is 1. The molecular formula is C8H12F3N3. The van der Waals surface area contributed by atoms with Gasteiger partial charge in [-0.3, -0.25) is 0 Å². The topological polar surface area (TPSA) is 43.8 Å². The Labute approximate surface area is 79.7 Å². The molecule has 1 unspecified atom stereocenters. The summed E-state index contributed by atoms with van der Waals surface area (Å²) in [7, 11) is 1.70. The number of halogens is 3. The van der Waals surface area contributed by atoms with E-state index in [-0.39, 0.29) is 6.42 Å². The van der Waals surface area contributed by atoms with Gasteiger partial charge in [-0.15, -0.1) is 0 Å². The van der Waals surface area contributed by atoms with Crippen LogP contribution in [-0.4, -0.2) is 15.7 Å². The lowest BCUT2D eigenvalue weighted by atomic mass is 10.1. The molecule has 0 aromatic carbocycles. The fraction of sp³-hybridized carbons (Fsp3) is 0.625. The minimum atomic E-state index is -4.15. The molecule has 0 aliphatic rings. The van der Waals surface area contributed by atoms with E-state index in [2.05, 4.69) is 4.98 Å². The maximum Gasteiger partial charge on any atom is 0.389 e. The molecule has 1 aromatic heterocycles. The first-order valence-electron chi connectivity index (χ1n) is 4.19. The number of rotatable bonds is 3. The summed E-state index contributed by atoms with van der Waals surface area (Å²) < 4.78 is 37.3. The molecule has 0 fully saturated rings. The Bertz CT molecular complexity index is 292. The maximum absolute atomic E-state index is 11.9. The molecule has 0 radical (unpaired) electrons. The van der Waals surface area contributed by atoms with Crippen LogP contribution >= 0.6 is 0 Å². The number of nitrogens with zero attached hydrogens (tertiary/aromatic N) is 2. The van der Waals surface area contributed by atoms with E-state index in [9.17, 15) is 13.2 Å². The third kappa shape index (κ3) is 3.02. The summed E-state index contributed by atoms with van der Waals surface area (Å²) in [4.78, 5) is 3.89. The highest BCUT2D eigenvalue weighted by atomic mass is 19.4. The molecule has 2 N–H and O–H groups in total. The molecule has 1 heterocycles. The van der Waals surface area contributed by atoms with Gasteiger partial charge < -0.3 is 10.3 Å². The van der Waals surface area contributed by atoms with Gasteiger partial charge in [0.1, 0.15) is 5.82 Å². The van der Waals surface area contributed by atoms with Crippen LogP contribution in [-0.2, 0) is 7.05 Å². The molecule has 0 amide bonds. The summed E-state index contributed by atoms with van der Waals surface area (Å²) in [5, 5.41) is 0. The zero-order chi connectivity index (χ0) is 10.8. The van der Waals surface area contributed by atoms with Gasteiger partial charge in [-0.05, 0) is 6.42 Å². The van der Waals surface area contributed by atoms with Crippen LogP contribution in [0.1, 0.15) is 24.7 Å². The SMILES string of the molecule is Cn1ccnc1C(N)CCC(F)(F)F. The van der Waals surface area contributed by atoms with Crippen molar-refractivity contribution in [3.8, 4) is 0 Å². The molecular weight excluding hydrogens is 195 g/mol. The first-order valence-corrected chi connectivity index (χ1v) is 4.19. The second-order valence-electron chi connectivity index (χ2n) is 3.16. The zero-order valence-corrected chi connectivity index (χ0v) is 7.75. The first-order chi connectivity index (χ1) is 6.40. The minimum Gasteiger partial charge on any atom is -0.337 e. The molecule has 1 aromatic rings. The molecule has 0 aliphatic heterocycles. The second kappa shape index (κ2) is 4.00. The number of aryl methyl sites for hydroxylation is 1. The van der Waals surface area contributed by atoms with Gasteiger partial charge in [0.2, 0.25) is 0 Å². The molecule has 1 atom stereocenters. The summed E-state index contributed by atoms with van der Waals surface area (Å²) in [6.07, 6.45) is -1.98. The number of nitrogens with two attached hydrogens (primary N) is 1. The number of hydrogen-bond donors (Lipinski definition) is 1. The third-order valence-corrected chi connectivity index (χ3v) is 1.93. The maximum atomic E-state index is 11.9. The van der Waals surface area contributed by atoms with Gasteiger partial charge >= 0.3 is 6.18 Å². The van der Waals surface area contributed by atoms with Crippen LogP contribution in [0.15, 0.2) is 12.4 Å². The smallest absolute Gasteiger partial charge is 0.337 e. The summed E-state index contributed by atoms with van der Waals surface area (Å²) >= 11 is 0. The van der Waals surface area contributed by atoms with Gasteiger partial charge in [0.15, 0.2) is 0 Å². The van der Waals surface area contributed by atoms with E-state index in [4.69, 9.17) is 5.73 Å². The van der Waals surface area contributed by atoms with E-state index in [1.807, 2.05) is 0 Å². The van der Waals surface area contributed by atoms with E-state index in [1.54, 1.807) is 17.8 Å². The molecule has 0 aliphatic carbocycles. The lowest BCUT2D eigenvalue weighted by molar-refractivity contribution is -0.136. The van der Waals surface area contributed by atoms with Gasteiger partial charge in [-0.25, -0.2) is 4.98 Å². The van der Waals surface area contributed by atoms with E-state index >= 15 is 0 Å². The van der Waals surface area contributed by atoms with Crippen LogP contribution in [0.5, 0.6) is 0 Å². The van der Waals surface area contributed by atoms with Crippen molar-refractivity contribution < 1.29 is 13.2 Å². The minimum absolute atomic E-state index is 0.131. The van der Waals surface area contributed by atoms with Crippen LogP contribution < -0.4 is 5.73 Å². The van der Waals surface area contributed by atoms with Crippen LogP contribution in [0.4, 0.5) is 13.2 Å². The van der Waals surface area contributed by atoms with Crippen molar-refractivity contribution in [3.63, 3.8) is 0 Å². The molecule has 6 heteroatoms. The molecule has 0 saturated heterocycles. The summed E-state index contributed by atoms with van der Waals surface area (Å²) in [6, 6.07) is -0.656. The molecule has 0 saturated carbocycles. The van der Waals surface area contributed by atoms with Gasteiger partial charge in [0.25, 0.3) is 0 Å². The fourth-order valence-electron chi connectivity index (χ4n) is 1.18. The predicted molar refractivity (Wildman–Crippen MR) is 45.4 cm³/mol. The molecule has 1 rings (SSSR count). The van der Waals surface area contributed by atoms with Crippen molar-refractivity contribution >= 4 is 0 Å². The number of aromatic nitrogens is 2. The quantitative estimate of drug-likeness (QED) is 0.820. The summed E-state index contributed by atoms with van der Waals surface area (Å²) in [5.41, 5.74) is 5.56. The van der Waals surface area contributed by atoms with Gasteiger partial charge in [0, 0.05) is 25.9 Å². The molecule has 14 heavy (non-hydrogen) atoms. The van der Waals surface area contributed by atoms with E-state index < -0.39 is 18.6 Å². The van der Waals surface area contributed by atoms with Crippen molar-refractivity contribution in [1.29, 1.82) is 0 Å². The van der Waals surface area contributed by atoms with Gasteiger partial charge in [-0.1, -0.05) is 0 Å². The molecule has 80 valence electrons. The number of alkyl halides is 3. The van der Waals surface area contributed by atoms with Crippen LogP contribution in [0, 0.1) is 0 Å². The number of hydrogen-bond acceptors (Lipinski definition) is 2.